The van der Waals surface area contributed by atoms with Gasteiger partial charge in [-0.1, -0.05) is 18.3 Å². The van der Waals surface area contributed by atoms with E-state index < -0.39 is 9.84 Å². The average Bonchev–Trinajstić information content (AvgIpc) is 3.23. The molecule has 9 nitrogen and oxygen atoms in total. The molecule has 2 aromatic heterocycles. The van der Waals surface area contributed by atoms with Crippen molar-refractivity contribution in [2.45, 2.75) is 11.8 Å². The molecule has 33 heavy (non-hydrogen) atoms. The van der Waals surface area contributed by atoms with Crippen molar-refractivity contribution >= 4 is 60.1 Å². The summed E-state index contributed by atoms with van der Waals surface area (Å²) in [5, 5.41) is 7.41. The third-order valence-electron chi connectivity index (χ3n) is 5.34. The van der Waals surface area contributed by atoms with Gasteiger partial charge in [-0.3, -0.25) is 4.79 Å². The molecule has 1 amide bonds. The van der Waals surface area contributed by atoms with Crippen molar-refractivity contribution in [3.05, 3.63) is 36.2 Å². The van der Waals surface area contributed by atoms with Crippen LogP contribution in [0.15, 0.2) is 35.5 Å². The molecule has 3 heterocycles. The molecule has 0 bridgehead atoms. The minimum Gasteiger partial charge on any atom is -0.361 e. The third-order valence-corrected chi connectivity index (χ3v) is 8.61. The van der Waals surface area contributed by atoms with Crippen LogP contribution in [0.25, 0.3) is 10.2 Å². The monoisotopic (exact) mass is 506 g/mol. The van der Waals surface area contributed by atoms with Crippen LogP contribution in [0.2, 0.25) is 0 Å². The fourth-order valence-corrected chi connectivity index (χ4v) is 5.77. The average molecular weight is 507 g/mol. The van der Waals surface area contributed by atoms with Gasteiger partial charge in [-0.05, 0) is 30.4 Å². The van der Waals surface area contributed by atoms with Crippen LogP contribution in [-0.4, -0.2) is 78.1 Å². The summed E-state index contributed by atoms with van der Waals surface area (Å²) >= 11 is 3.11. The van der Waals surface area contributed by atoms with E-state index in [-0.39, 0.29) is 30.5 Å². The summed E-state index contributed by atoms with van der Waals surface area (Å²) in [6.45, 7) is 4.06. The molecule has 3 aromatic rings. The number of carbonyl (C=O) groups is 1. The molecular formula is C21H26N6O3S3. The Morgan fingerprint density at radius 3 is 2.58 bits per heavy atom. The molecule has 1 atom stereocenters. The zero-order valence-electron chi connectivity index (χ0n) is 18.4. The van der Waals surface area contributed by atoms with Gasteiger partial charge in [-0.25, -0.2) is 23.4 Å². The molecule has 0 saturated carbocycles. The fraction of sp³-hybridized carbons (Fsp3) is 0.429. The Morgan fingerprint density at radius 1 is 1.18 bits per heavy atom. The van der Waals surface area contributed by atoms with Crippen LogP contribution in [0.4, 0.5) is 11.1 Å². The maximum Gasteiger partial charge on any atom is 0.253 e. The van der Waals surface area contributed by atoms with E-state index in [1.165, 1.54) is 11.3 Å². The van der Waals surface area contributed by atoms with Gasteiger partial charge in [0.15, 0.2) is 15.0 Å². The highest BCUT2D eigenvalue weighted by molar-refractivity contribution is 7.98. The molecule has 0 unspecified atom stereocenters. The molecule has 4 rings (SSSR count). The number of hydrogen-bond acceptors (Lipinski definition) is 10. The van der Waals surface area contributed by atoms with E-state index in [2.05, 4.69) is 32.5 Å². The topological polar surface area (TPSA) is 117 Å². The van der Waals surface area contributed by atoms with Crippen LogP contribution < -0.4 is 10.6 Å². The number of thioether (sulfide) groups is 1. The summed E-state index contributed by atoms with van der Waals surface area (Å²) in [5.41, 5.74) is 1.38. The van der Waals surface area contributed by atoms with Crippen molar-refractivity contribution in [1.29, 1.82) is 0 Å². The largest absolute Gasteiger partial charge is 0.361 e. The van der Waals surface area contributed by atoms with Crippen LogP contribution >= 0.6 is 23.1 Å². The molecule has 0 aliphatic carbocycles. The van der Waals surface area contributed by atoms with E-state index in [9.17, 15) is 13.2 Å². The first-order valence-corrected chi connectivity index (χ1v) is 14.4. The van der Waals surface area contributed by atoms with Gasteiger partial charge in [-0.2, -0.15) is 0 Å². The Balaban J connectivity index is 1.32. The number of nitrogens with zero attached hydrogens (tertiary/aromatic N) is 4. The summed E-state index contributed by atoms with van der Waals surface area (Å²) < 4.78 is 24.2. The van der Waals surface area contributed by atoms with Crippen LogP contribution in [0.1, 0.15) is 17.3 Å². The first-order valence-electron chi connectivity index (χ1n) is 10.6. The zero-order valence-corrected chi connectivity index (χ0v) is 20.9. The highest BCUT2D eigenvalue weighted by Crippen LogP contribution is 2.27. The van der Waals surface area contributed by atoms with Gasteiger partial charge in [0.2, 0.25) is 5.95 Å². The van der Waals surface area contributed by atoms with Crippen molar-refractivity contribution in [2.24, 2.45) is 5.92 Å². The summed E-state index contributed by atoms with van der Waals surface area (Å²) in [6, 6.07) is 5.43. The molecule has 1 saturated heterocycles. The number of amides is 1. The molecule has 176 valence electrons. The van der Waals surface area contributed by atoms with Gasteiger partial charge >= 0.3 is 0 Å². The number of rotatable bonds is 8. The van der Waals surface area contributed by atoms with Gasteiger partial charge in [0.25, 0.3) is 5.91 Å². The Morgan fingerprint density at radius 2 is 1.88 bits per heavy atom. The van der Waals surface area contributed by atoms with Crippen LogP contribution in [0, 0.1) is 5.92 Å². The Hall–Kier alpha value is -2.44. The zero-order chi connectivity index (χ0) is 23.4. The standard InChI is InChI=1S/C21H26N6O3S3/c1-14(10-22-20-23-12-16(31-2)13-24-20)11-25-21-26-17-4-3-15(9-18(17)32-21)19(28)27-5-7-33(29,30)8-6-27/h3-4,9,12-14H,5-8,10-11H2,1-2H3,(H,25,26)(H,22,23,24)/t14-/m0/s1. The number of anilines is 2. The smallest absolute Gasteiger partial charge is 0.253 e. The summed E-state index contributed by atoms with van der Waals surface area (Å²) in [5.74, 6) is 0.842. The highest BCUT2D eigenvalue weighted by Gasteiger charge is 2.26. The van der Waals surface area contributed by atoms with Crippen molar-refractivity contribution in [3.63, 3.8) is 0 Å². The SMILES string of the molecule is CSc1cnc(NC[C@H](C)CNc2nc3ccc(C(=O)N4CCS(=O)(=O)CC4)cc3s2)nc1. The lowest BCUT2D eigenvalue weighted by Crippen LogP contribution is -2.43. The van der Waals surface area contributed by atoms with Crippen molar-refractivity contribution in [2.75, 3.05) is 54.6 Å². The van der Waals surface area contributed by atoms with Crippen molar-refractivity contribution in [3.8, 4) is 0 Å². The van der Waals surface area contributed by atoms with Crippen LogP contribution in [-0.2, 0) is 9.84 Å². The molecule has 1 aromatic carbocycles. The lowest BCUT2D eigenvalue weighted by molar-refractivity contribution is 0.0770. The maximum absolute atomic E-state index is 12.8. The second-order valence-electron chi connectivity index (χ2n) is 7.96. The number of hydrogen-bond donors (Lipinski definition) is 2. The molecule has 0 radical (unpaired) electrons. The van der Waals surface area contributed by atoms with Gasteiger partial charge < -0.3 is 15.5 Å². The second kappa shape index (κ2) is 10.2. The van der Waals surface area contributed by atoms with E-state index in [4.69, 9.17) is 0 Å². The number of aromatic nitrogens is 3. The molecular weight excluding hydrogens is 480 g/mol. The molecule has 1 aliphatic rings. The number of carbonyl (C=O) groups excluding carboxylic acids is 1. The Labute approximate surface area is 201 Å². The lowest BCUT2D eigenvalue weighted by atomic mass is 10.2. The minimum absolute atomic E-state index is 0.0257. The number of sulfone groups is 1. The molecule has 1 aliphatic heterocycles. The fourth-order valence-electron chi connectivity index (χ4n) is 3.34. The highest BCUT2D eigenvalue weighted by atomic mass is 32.2. The van der Waals surface area contributed by atoms with E-state index in [0.717, 1.165) is 33.3 Å². The first-order chi connectivity index (χ1) is 15.8. The lowest BCUT2D eigenvalue weighted by Gasteiger charge is -2.26. The third kappa shape index (κ3) is 6.12. The quantitative estimate of drug-likeness (QED) is 0.445. The van der Waals surface area contributed by atoms with Gasteiger partial charge in [-0.15, -0.1) is 11.8 Å². The number of nitrogens with one attached hydrogen (secondary N) is 2. The summed E-state index contributed by atoms with van der Waals surface area (Å²) in [6.07, 6.45) is 5.59. The van der Waals surface area contributed by atoms with E-state index >= 15 is 0 Å². The Kier molecular flexibility index (Phi) is 7.35. The van der Waals surface area contributed by atoms with Crippen LogP contribution in [0.5, 0.6) is 0 Å². The number of benzene rings is 1. The molecule has 2 N–H and O–H groups in total. The van der Waals surface area contributed by atoms with E-state index in [1.54, 1.807) is 35.1 Å². The maximum atomic E-state index is 12.8. The number of thiazole rings is 1. The molecule has 1 fully saturated rings. The minimum atomic E-state index is -3.02. The van der Waals surface area contributed by atoms with Gasteiger partial charge in [0.1, 0.15) is 0 Å². The second-order valence-corrected chi connectivity index (χ2v) is 12.2. The Bertz CT molecular complexity index is 1220. The van der Waals surface area contributed by atoms with Crippen LogP contribution in [0.3, 0.4) is 0 Å². The molecule has 0 spiro atoms. The van der Waals surface area contributed by atoms with Gasteiger partial charge in [0.05, 0.1) is 21.7 Å². The predicted molar refractivity (Wildman–Crippen MR) is 134 cm³/mol. The normalized spacial score (nSPS) is 16.5. The van der Waals surface area contributed by atoms with Crippen molar-refractivity contribution in [1.82, 2.24) is 19.9 Å². The van der Waals surface area contributed by atoms with E-state index in [1.807, 2.05) is 18.4 Å². The van der Waals surface area contributed by atoms with E-state index in [0.29, 0.717) is 17.4 Å². The summed E-state index contributed by atoms with van der Waals surface area (Å²) in [7, 11) is -3.02. The predicted octanol–water partition coefficient (Wildman–Crippen LogP) is 2.84. The first kappa shape index (κ1) is 23.7. The van der Waals surface area contributed by atoms with Gasteiger partial charge in [0, 0.05) is 49.0 Å². The molecule has 12 heteroatoms. The number of fused-ring (bicyclic) bond motifs is 1. The summed E-state index contributed by atoms with van der Waals surface area (Å²) in [4.78, 5) is 28.6. The van der Waals surface area contributed by atoms with Crippen molar-refractivity contribution < 1.29 is 13.2 Å².